The molecule has 2 N–H and O–H groups in total. The first-order valence-electron chi connectivity index (χ1n) is 7.30. The van der Waals surface area contributed by atoms with Crippen LogP contribution in [0.3, 0.4) is 0 Å². The van der Waals surface area contributed by atoms with Crippen LogP contribution in [0.5, 0.6) is 0 Å². The van der Waals surface area contributed by atoms with Gasteiger partial charge in [-0.25, -0.2) is 0 Å². The van der Waals surface area contributed by atoms with Crippen molar-refractivity contribution in [3.63, 3.8) is 0 Å². The van der Waals surface area contributed by atoms with Gasteiger partial charge in [0, 0.05) is 22.1 Å². The van der Waals surface area contributed by atoms with Gasteiger partial charge in [-0.15, -0.1) is 0 Å². The molecule has 0 aromatic heterocycles. The van der Waals surface area contributed by atoms with Gasteiger partial charge in [0.15, 0.2) is 0 Å². The Morgan fingerprint density at radius 1 is 1.00 bits per heavy atom. The average Bonchev–Trinajstić information content (AvgIpc) is 2.53. The third kappa shape index (κ3) is 4.77. The minimum atomic E-state index is 0.0632. The molecular formula is C18H22ClNS. The predicted molar refractivity (Wildman–Crippen MR) is 95.0 cm³/mol. The Morgan fingerprint density at radius 2 is 1.57 bits per heavy atom. The molecule has 2 aromatic carbocycles. The summed E-state index contributed by atoms with van der Waals surface area (Å²) in [7, 11) is 0. The van der Waals surface area contributed by atoms with Crippen LogP contribution in [0.15, 0.2) is 48.5 Å². The van der Waals surface area contributed by atoms with Crippen molar-refractivity contribution in [3.05, 3.63) is 70.2 Å². The molecular weight excluding hydrogens is 298 g/mol. The lowest BCUT2D eigenvalue weighted by Gasteiger charge is -2.20. The molecule has 1 nitrogen and oxygen atoms in total. The highest BCUT2D eigenvalue weighted by Crippen LogP contribution is 2.27. The molecule has 0 amide bonds. The van der Waals surface area contributed by atoms with E-state index in [-0.39, 0.29) is 6.04 Å². The number of hydrogen-bond donors (Lipinski definition) is 1. The van der Waals surface area contributed by atoms with Gasteiger partial charge in [-0.3, -0.25) is 0 Å². The molecule has 0 fully saturated rings. The summed E-state index contributed by atoms with van der Waals surface area (Å²) >= 11 is 7.78. The van der Waals surface area contributed by atoms with Crippen LogP contribution >= 0.6 is 23.4 Å². The quantitative estimate of drug-likeness (QED) is 0.789. The van der Waals surface area contributed by atoms with E-state index in [1.54, 1.807) is 0 Å². The summed E-state index contributed by atoms with van der Waals surface area (Å²) in [5, 5.41) is 1.15. The van der Waals surface area contributed by atoms with Crippen LogP contribution in [-0.4, -0.2) is 5.25 Å². The van der Waals surface area contributed by atoms with Crippen molar-refractivity contribution in [2.45, 2.75) is 37.3 Å². The van der Waals surface area contributed by atoms with E-state index in [0.29, 0.717) is 5.25 Å². The molecule has 0 radical (unpaired) electrons. The highest BCUT2D eigenvalue weighted by atomic mass is 35.5. The molecule has 0 aliphatic rings. The van der Waals surface area contributed by atoms with Gasteiger partial charge in [0.05, 0.1) is 0 Å². The van der Waals surface area contributed by atoms with Crippen LogP contribution in [0.1, 0.15) is 36.6 Å². The normalized spacial score (nSPS) is 13.9. The highest BCUT2D eigenvalue weighted by molar-refractivity contribution is 7.99. The van der Waals surface area contributed by atoms with E-state index in [9.17, 15) is 0 Å². The van der Waals surface area contributed by atoms with E-state index >= 15 is 0 Å². The zero-order chi connectivity index (χ0) is 15.2. The number of rotatable bonds is 6. The summed E-state index contributed by atoms with van der Waals surface area (Å²) in [6.45, 7) is 4.36. The molecule has 2 atom stereocenters. The smallest absolute Gasteiger partial charge is 0.0412 e. The maximum Gasteiger partial charge on any atom is 0.0412 e. The molecule has 112 valence electrons. The minimum Gasteiger partial charge on any atom is -0.323 e. The lowest BCUT2D eigenvalue weighted by Crippen LogP contribution is -2.21. The zero-order valence-corrected chi connectivity index (χ0v) is 14.1. The topological polar surface area (TPSA) is 26.0 Å². The fourth-order valence-corrected chi connectivity index (χ4v) is 3.30. The summed E-state index contributed by atoms with van der Waals surface area (Å²) in [5.41, 5.74) is 10.2. The van der Waals surface area contributed by atoms with Gasteiger partial charge in [-0.2, -0.15) is 11.8 Å². The van der Waals surface area contributed by atoms with E-state index in [1.165, 1.54) is 16.7 Å². The number of aryl methyl sites for hydroxylation is 1. The van der Waals surface area contributed by atoms with Crippen molar-refractivity contribution in [1.82, 2.24) is 0 Å². The molecule has 2 rings (SSSR count). The molecule has 0 saturated heterocycles. The maximum absolute atomic E-state index is 6.38. The minimum absolute atomic E-state index is 0.0632. The molecule has 0 aliphatic carbocycles. The van der Waals surface area contributed by atoms with Crippen LogP contribution in [0, 0.1) is 0 Å². The third-order valence-corrected chi connectivity index (χ3v) is 5.28. The first-order valence-corrected chi connectivity index (χ1v) is 8.73. The van der Waals surface area contributed by atoms with Gasteiger partial charge in [0.25, 0.3) is 0 Å². The second-order valence-electron chi connectivity index (χ2n) is 5.26. The van der Waals surface area contributed by atoms with E-state index < -0.39 is 0 Å². The van der Waals surface area contributed by atoms with Gasteiger partial charge in [-0.05, 0) is 35.2 Å². The van der Waals surface area contributed by atoms with Gasteiger partial charge in [0.2, 0.25) is 0 Å². The van der Waals surface area contributed by atoms with Crippen LogP contribution in [0.4, 0.5) is 0 Å². The molecule has 0 saturated carbocycles. The van der Waals surface area contributed by atoms with Crippen molar-refractivity contribution >= 4 is 23.4 Å². The predicted octanol–water partition coefficient (Wildman–Crippen LogP) is 5.22. The first kappa shape index (κ1) is 16.4. The summed E-state index contributed by atoms with van der Waals surface area (Å²) < 4.78 is 0. The second-order valence-corrected chi connectivity index (χ2v) is 7.07. The molecule has 0 aliphatic heterocycles. The van der Waals surface area contributed by atoms with Gasteiger partial charge < -0.3 is 5.73 Å². The summed E-state index contributed by atoms with van der Waals surface area (Å²) in [6, 6.07) is 16.7. The fraction of sp³-hybridized carbons (Fsp3) is 0.333. The summed E-state index contributed by atoms with van der Waals surface area (Å²) in [4.78, 5) is 0. The maximum atomic E-state index is 6.38. The Hall–Kier alpha value is -0.960. The van der Waals surface area contributed by atoms with Crippen molar-refractivity contribution in [3.8, 4) is 0 Å². The van der Waals surface area contributed by atoms with Crippen LogP contribution in [-0.2, 0) is 12.2 Å². The largest absolute Gasteiger partial charge is 0.323 e. The van der Waals surface area contributed by atoms with Crippen LogP contribution < -0.4 is 5.73 Å². The molecule has 0 heterocycles. The fourth-order valence-electron chi connectivity index (χ4n) is 2.16. The van der Waals surface area contributed by atoms with Gasteiger partial charge in [0.1, 0.15) is 0 Å². The number of nitrogens with two attached hydrogens (primary N) is 1. The van der Waals surface area contributed by atoms with E-state index in [2.05, 4.69) is 50.2 Å². The van der Waals surface area contributed by atoms with E-state index in [0.717, 1.165) is 17.2 Å². The average molecular weight is 320 g/mol. The molecule has 21 heavy (non-hydrogen) atoms. The van der Waals surface area contributed by atoms with Gasteiger partial charge >= 0.3 is 0 Å². The summed E-state index contributed by atoms with van der Waals surface area (Å²) in [6.07, 6.45) is 1.07. The number of benzene rings is 2. The monoisotopic (exact) mass is 319 g/mol. The molecule has 3 heteroatoms. The van der Waals surface area contributed by atoms with Crippen molar-refractivity contribution in [2.75, 3.05) is 0 Å². The number of hydrogen-bond acceptors (Lipinski definition) is 2. The first-order chi connectivity index (χ1) is 10.1. The highest BCUT2D eigenvalue weighted by Gasteiger charge is 2.15. The molecule has 2 aromatic rings. The van der Waals surface area contributed by atoms with E-state index in [1.807, 2.05) is 23.9 Å². The van der Waals surface area contributed by atoms with E-state index in [4.69, 9.17) is 17.3 Å². The lowest BCUT2D eigenvalue weighted by molar-refractivity contribution is 0.714. The number of halogens is 1. The van der Waals surface area contributed by atoms with Crippen LogP contribution in [0.2, 0.25) is 5.02 Å². The summed E-state index contributed by atoms with van der Waals surface area (Å²) in [5.74, 6) is 0.957. The molecule has 2 unspecified atom stereocenters. The van der Waals surface area contributed by atoms with Crippen molar-refractivity contribution in [1.29, 1.82) is 0 Å². The SMILES string of the molecule is CCc1ccc(C(N)C(C)SCc2ccc(Cl)cc2)cc1. The lowest BCUT2D eigenvalue weighted by atomic mass is 10.0. The Morgan fingerprint density at radius 3 is 2.14 bits per heavy atom. The van der Waals surface area contributed by atoms with Crippen LogP contribution in [0.25, 0.3) is 0 Å². The zero-order valence-electron chi connectivity index (χ0n) is 12.6. The Kier molecular flexibility index (Phi) is 6.16. The second kappa shape index (κ2) is 7.88. The third-order valence-electron chi connectivity index (χ3n) is 3.70. The van der Waals surface area contributed by atoms with Gasteiger partial charge in [-0.1, -0.05) is 61.8 Å². The standard InChI is InChI=1S/C18H22ClNS/c1-3-14-4-8-16(9-5-14)18(20)13(2)21-12-15-6-10-17(19)11-7-15/h4-11,13,18H,3,12,20H2,1-2H3. The Bertz CT molecular complexity index is 550. The molecule has 0 bridgehead atoms. The number of thioether (sulfide) groups is 1. The van der Waals surface area contributed by atoms with Crippen molar-refractivity contribution < 1.29 is 0 Å². The molecule has 0 spiro atoms. The Balaban J connectivity index is 1.92. The van der Waals surface area contributed by atoms with Crippen molar-refractivity contribution in [2.24, 2.45) is 5.73 Å². The Labute approximate surface area is 136 Å².